The summed E-state index contributed by atoms with van der Waals surface area (Å²) in [4.78, 5) is 14.0. The number of hydrogen-bond donors (Lipinski definition) is 0. The van der Waals surface area contributed by atoms with Gasteiger partial charge >= 0.3 is 6.09 Å². The second kappa shape index (κ2) is 5.15. The molecule has 22 heavy (non-hydrogen) atoms. The number of rotatable bonds is 0. The van der Waals surface area contributed by atoms with Crippen LogP contribution in [0.4, 0.5) is 4.79 Å². The lowest BCUT2D eigenvalue weighted by atomic mass is 9.74. The van der Waals surface area contributed by atoms with Crippen LogP contribution < -0.4 is 0 Å². The Labute approximate surface area is 133 Å². The van der Waals surface area contributed by atoms with Crippen molar-refractivity contribution in [3.8, 4) is 0 Å². The molecule has 1 aromatic carbocycles. The molecule has 0 aromatic heterocycles. The van der Waals surface area contributed by atoms with Crippen molar-refractivity contribution in [3.05, 3.63) is 41.0 Å². The van der Waals surface area contributed by atoms with Crippen molar-refractivity contribution in [1.82, 2.24) is 4.90 Å². The average molecular weight is 299 g/mol. The molecular formula is C19H25NO2. The lowest BCUT2D eigenvalue weighted by molar-refractivity contribution is 0.0184. The van der Waals surface area contributed by atoms with Gasteiger partial charge in [-0.15, -0.1) is 0 Å². The maximum absolute atomic E-state index is 12.2. The first-order chi connectivity index (χ1) is 10.3. The Kier molecular flexibility index (Phi) is 3.54. The largest absolute Gasteiger partial charge is 0.444 e. The third kappa shape index (κ3) is 2.77. The predicted molar refractivity (Wildman–Crippen MR) is 88.9 cm³/mol. The van der Waals surface area contributed by atoms with Crippen LogP contribution in [0.25, 0.3) is 6.08 Å². The summed E-state index contributed by atoms with van der Waals surface area (Å²) in [6.45, 7) is 9.39. The van der Waals surface area contributed by atoms with E-state index in [0.717, 1.165) is 25.9 Å². The molecule has 1 aliphatic heterocycles. The minimum absolute atomic E-state index is 0.111. The fourth-order valence-electron chi connectivity index (χ4n) is 3.44. The lowest BCUT2D eigenvalue weighted by Gasteiger charge is -2.39. The number of benzene rings is 1. The number of likely N-dealkylation sites (tertiary alicyclic amines) is 1. The number of nitrogens with zero attached hydrogens (tertiary/aromatic N) is 1. The van der Waals surface area contributed by atoms with E-state index < -0.39 is 5.60 Å². The van der Waals surface area contributed by atoms with Gasteiger partial charge in [-0.1, -0.05) is 35.9 Å². The molecule has 0 radical (unpaired) electrons. The fraction of sp³-hybridized carbons (Fsp3) is 0.526. The van der Waals surface area contributed by atoms with Crippen molar-refractivity contribution in [2.75, 3.05) is 13.1 Å². The quantitative estimate of drug-likeness (QED) is 0.715. The van der Waals surface area contributed by atoms with Gasteiger partial charge in [0.05, 0.1) is 0 Å². The maximum atomic E-state index is 12.2. The predicted octanol–water partition coefficient (Wildman–Crippen LogP) is 4.29. The molecule has 0 saturated carbocycles. The Hall–Kier alpha value is -1.77. The Morgan fingerprint density at radius 3 is 2.55 bits per heavy atom. The van der Waals surface area contributed by atoms with Crippen molar-refractivity contribution in [3.63, 3.8) is 0 Å². The van der Waals surface area contributed by atoms with Gasteiger partial charge in [0, 0.05) is 18.5 Å². The molecule has 0 atom stereocenters. The summed E-state index contributed by atoms with van der Waals surface area (Å²) in [5.41, 5.74) is 3.74. The van der Waals surface area contributed by atoms with Gasteiger partial charge in [-0.3, -0.25) is 0 Å². The molecule has 0 bridgehead atoms. The summed E-state index contributed by atoms with van der Waals surface area (Å²) >= 11 is 0. The van der Waals surface area contributed by atoms with E-state index in [0.29, 0.717) is 0 Å². The molecule has 1 aromatic rings. The molecule has 1 aliphatic carbocycles. The van der Waals surface area contributed by atoms with E-state index in [1.807, 2.05) is 25.7 Å². The Bertz CT molecular complexity index is 617. The van der Waals surface area contributed by atoms with Gasteiger partial charge in [0.1, 0.15) is 5.60 Å². The van der Waals surface area contributed by atoms with Gasteiger partial charge in [-0.25, -0.2) is 4.79 Å². The lowest BCUT2D eigenvalue weighted by Crippen LogP contribution is -2.45. The first kappa shape index (κ1) is 15.1. The zero-order chi connectivity index (χ0) is 16.0. The summed E-state index contributed by atoms with van der Waals surface area (Å²) in [6, 6.07) is 6.67. The minimum Gasteiger partial charge on any atom is -0.444 e. The van der Waals surface area contributed by atoms with Crippen LogP contribution in [0.15, 0.2) is 24.3 Å². The molecule has 3 heteroatoms. The Balaban J connectivity index is 1.72. The van der Waals surface area contributed by atoms with Crippen molar-refractivity contribution >= 4 is 12.2 Å². The number of fused-ring (bicyclic) bond motifs is 2. The standard InChI is InChI=1S/C19H25NO2/c1-14-5-6-15-7-8-19(16(15)13-14)9-11-20(12-10-19)17(21)22-18(2,3)4/h5-8,13H,9-12H2,1-4H3. The van der Waals surface area contributed by atoms with E-state index in [1.54, 1.807) is 0 Å². The van der Waals surface area contributed by atoms with Crippen LogP contribution in [-0.4, -0.2) is 29.7 Å². The van der Waals surface area contributed by atoms with Gasteiger partial charge in [-0.2, -0.15) is 0 Å². The molecule has 3 nitrogen and oxygen atoms in total. The SMILES string of the molecule is Cc1ccc2c(c1)C1(C=C2)CCN(C(=O)OC(C)(C)C)CC1. The van der Waals surface area contributed by atoms with Crippen molar-refractivity contribution in [2.45, 2.75) is 51.6 Å². The molecule has 3 rings (SSSR count). The van der Waals surface area contributed by atoms with E-state index in [-0.39, 0.29) is 11.5 Å². The summed E-state index contributed by atoms with van der Waals surface area (Å²) in [7, 11) is 0. The smallest absolute Gasteiger partial charge is 0.410 e. The number of piperidine rings is 1. The number of carbonyl (C=O) groups excluding carboxylic acids is 1. The number of aryl methyl sites for hydroxylation is 1. The highest BCUT2D eigenvalue weighted by Crippen LogP contribution is 2.44. The van der Waals surface area contributed by atoms with E-state index in [4.69, 9.17) is 4.74 Å². The summed E-state index contributed by atoms with van der Waals surface area (Å²) < 4.78 is 5.49. The molecule has 2 aliphatic rings. The summed E-state index contributed by atoms with van der Waals surface area (Å²) in [6.07, 6.45) is 6.33. The van der Waals surface area contributed by atoms with Crippen LogP contribution in [0.3, 0.4) is 0 Å². The fourth-order valence-corrected chi connectivity index (χ4v) is 3.44. The molecular weight excluding hydrogens is 274 g/mol. The van der Waals surface area contributed by atoms with Gasteiger partial charge in [0.15, 0.2) is 0 Å². The summed E-state index contributed by atoms with van der Waals surface area (Å²) in [5, 5.41) is 0. The Morgan fingerprint density at radius 1 is 1.23 bits per heavy atom. The topological polar surface area (TPSA) is 29.5 Å². The van der Waals surface area contributed by atoms with Gasteiger partial charge in [0.25, 0.3) is 0 Å². The van der Waals surface area contributed by atoms with Gasteiger partial charge in [-0.05, 0) is 51.7 Å². The van der Waals surface area contributed by atoms with Gasteiger partial charge in [0.2, 0.25) is 0 Å². The molecule has 0 N–H and O–H groups in total. The number of ether oxygens (including phenoxy) is 1. The number of amides is 1. The third-order valence-electron chi connectivity index (χ3n) is 4.63. The van der Waals surface area contributed by atoms with Crippen molar-refractivity contribution in [2.24, 2.45) is 0 Å². The van der Waals surface area contributed by atoms with E-state index >= 15 is 0 Å². The highest BCUT2D eigenvalue weighted by Gasteiger charge is 2.39. The zero-order valence-electron chi connectivity index (χ0n) is 14.0. The van der Waals surface area contributed by atoms with Crippen LogP contribution in [0.5, 0.6) is 0 Å². The molecule has 1 spiro atoms. The van der Waals surface area contributed by atoms with E-state index in [2.05, 4.69) is 37.3 Å². The first-order valence-corrected chi connectivity index (χ1v) is 8.07. The maximum Gasteiger partial charge on any atom is 0.410 e. The normalized spacial score (nSPS) is 19.4. The minimum atomic E-state index is -0.427. The zero-order valence-corrected chi connectivity index (χ0v) is 14.0. The summed E-state index contributed by atoms with van der Waals surface area (Å²) in [5.74, 6) is 0. The molecule has 1 heterocycles. The molecule has 118 valence electrons. The third-order valence-corrected chi connectivity index (χ3v) is 4.63. The van der Waals surface area contributed by atoms with E-state index in [9.17, 15) is 4.79 Å². The number of allylic oxidation sites excluding steroid dienone is 1. The van der Waals surface area contributed by atoms with Crippen molar-refractivity contribution in [1.29, 1.82) is 0 Å². The van der Waals surface area contributed by atoms with Crippen LogP contribution in [0.1, 0.15) is 50.3 Å². The van der Waals surface area contributed by atoms with Crippen molar-refractivity contribution < 1.29 is 9.53 Å². The second-order valence-corrected chi connectivity index (χ2v) is 7.55. The molecule has 1 amide bonds. The highest BCUT2D eigenvalue weighted by atomic mass is 16.6. The molecule has 1 fully saturated rings. The van der Waals surface area contributed by atoms with Crippen LogP contribution >= 0.6 is 0 Å². The Morgan fingerprint density at radius 2 is 1.91 bits per heavy atom. The first-order valence-electron chi connectivity index (χ1n) is 8.07. The van der Waals surface area contributed by atoms with Crippen LogP contribution in [0.2, 0.25) is 0 Å². The highest BCUT2D eigenvalue weighted by molar-refractivity contribution is 5.70. The molecule has 1 saturated heterocycles. The number of carbonyl (C=O) groups is 1. The number of hydrogen-bond acceptors (Lipinski definition) is 2. The van der Waals surface area contributed by atoms with Crippen LogP contribution in [0, 0.1) is 6.92 Å². The molecule has 0 unspecified atom stereocenters. The monoisotopic (exact) mass is 299 g/mol. The van der Waals surface area contributed by atoms with Crippen LogP contribution in [-0.2, 0) is 10.2 Å². The second-order valence-electron chi connectivity index (χ2n) is 7.55. The van der Waals surface area contributed by atoms with Gasteiger partial charge < -0.3 is 9.64 Å². The average Bonchev–Trinajstić information content (AvgIpc) is 2.76. The van der Waals surface area contributed by atoms with E-state index in [1.165, 1.54) is 16.7 Å².